The van der Waals surface area contributed by atoms with Gasteiger partial charge in [-0.25, -0.2) is 0 Å². The van der Waals surface area contributed by atoms with E-state index in [0.717, 1.165) is 0 Å². The third kappa shape index (κ3) is 11.1. The van der Waals surface area contributed by atoms with Crippen molar-refractivity contribution in [2.24, 2.45) is 5.73 Å². The standard InChI is InChI=1S/C16H33N3O4/c1-15(2,3)19-12(14(22)23-16(4,5)6)8-7-9-18-13(21)11(17)10-20/h11-12,19-20H,7-10,17H2,1-6H3,(H,18,21)/t11-,12-/m0/s1. The SMILES string of the molecule is CC(C)(C)N[C@@H](CCCNC(=O)[C@@H](N)CO)C(=O)OC(C)(C)C. The Bertz CT molecular complexity index is 386. The molecule has 7 nitrogen and oxygen atoms in total. The summed E-state index contributed by atoms with van der Waals surface area (Å²) in [7, 11) is 0. The number of esters is 1. The molecule has 0 aromatic heterocycles. The van der Waals surface area contributed by atoms with Gasteiger partial charge in [0.1, 0.15) is 17.7 Å². The number of nitrogens with two attached hydrogens (primary N) is 1. The summed E-state index contributed by atoms with van der Waals surface area (Å²) >= 11 is 0. The van der Waals surface area contributed by atoms with Gasteiger partial charge in [-0.2, -0.15) is 0 Å². The summed E-state index contributed by atoms with van der Waals surface area (Å²) < 4.78 is 5.44. The van der Waals surface area contributed by atoms with Crippen LogP contribution in [-0.4, -0.2) is 53.4 Å². The molecule has 0 fully saturated rings. The molecule has 0 aromatic carbocycles. The minimum Gasteiger partial charge on any atom is -0.459 e. The van der Waals surface area contributed by atoms with Gasteiger partial charge in [0.25, 0.3) is 0 Å². The van der Waals surface area contributed by atoms with E-state index in [1.807, 2.05) is 41.5 Å². The minimum atomic E-state index is -0.913. The van der Waals surface area contributed by atoms with Crippen molar-refractivity contribution in [2.45, 2.75) is 77.6 Å². The van der Waals surface area contributed by atoms with E-state index < -0.39 is 30.2 Å². The van der Waals surface area contributed by atoms with E-state index in [1.165, 1.54) is 0 Å². The lowest BCUT2D eigenvalue weighted by atomic mass is 10.0. The average Bonchev–Trinajstić information content (AvgIpc) is 2.37. The highest BCUT2D eigenvalue weighted by Crippen LogP contribution is 2.13. The van der Waals surface area contributed by atoms with Crippen LogP contribution in [0.2, 0.25) is 0 Å². The number of aliphatic hydroxyl groups excluding tert-OH is 1. The molecule has 0 saturated carbocycles. The fourth-order valence-corrected chi connectivity index (χ4v) is 1.88. The third-order valence-electron chi connectivity index (χ3n) is 2.80. The summed E-state index contributed by atoms with van der Waals surface area (Å²) in [6, 6.07) is -1.36. The fourth-order valence-electron chi connectivity index (χ4n) is 1.88. The summed E-state index contributed by atoms with van der Waals surface area (Å²) in [5, 5.41) is 14.7. The predicted octanol–water partition coefficient (Wildman–Crippen LogP) is 0.301. The molecule has 0 bridgehead atoms. The monoisotopic (exact) mass is 331 g/mol. The van der Waals surface area contributed by atoms with Crippen LogP contribution in [0.5, 0.6) is 0 Å². The molecule has 0 unspecified atom stereocenters. The molecule has 136 valence electrons. The number of nitrogens with one attached hydrogen (secondary N) is 2. The van der Waals surface area contributed by atoms with E-state index in [1.54, 1.807) is 0 Å². The molecule has 0 aliphatic heterocycles. The first-order chi connectivity index (χ1) is 10.4. The van der Waals surface area contributed by atoms with Crippen molar-refractivity contribution >= 4 is 11.9 Å². The molecular weight excluding hydrogens is 298 g/mol. The van der Waals surface area contributed by atoms with E-state index in [2.05, 4.69) is 10.6 Å². The Balaban J connectivity index is 4.49. The molecule has 0 rings (SSSR count). The van der Waals surface area contributed by atoms with Crippen molar-refractivity contribution in [1.29, 1.82) is 0 Å². The first-order valence-corrected chi connectivity index (χ1v) is 8.00. The van der Waals surface area contributed by atoms with Crippen molar-refractivity contribution in [3.05, 3.63) is 0 Å². The van der Waals surface area contributed by atoms with E-state index in [4.69, 9.17) is 15.6 Å². The van der Waals surface area contributed by atoms with Gasteiger partial charge in [0.05, 0.1) is 6.61 Å². The molecule has 7 heteroatoms. The van der Waals surface area contributed by atoms with Gasteiger partial charge in [0, 0.05) is 12.1 Å². The first kappa shape index (κ1) is 21.8. The molecule has 0 aliphatic carbocycles. The van der Waals surface area contributed by atoms with Crippen molar-refractivity contribution < 1.29 is 19.4 Å². The van der Waals surface area contributed by atoms with Gasteiger partial charge in [-0.05, 0) is 54.4 Å². The number of hydrogen-bond acceptors (Lipinski definition) is 6. The maximum atomic E-state index is 12.3. The number of rotatable bonds is 8. The number of amides is 1. The molecule has 5 N–H and O–H groups in total. The lowest BCUT2D eigenvalue weighted by Crippen LogP contribution is -2.50. The van der Waals surface area contributed by atoms with Crippen molar-refractivity contribution in [1.82, 2.24) is 10.6 Å². The summed E-state index contributed by atoms with van der Waals surface area (Å²) in [6.45, 7) is 11.4. The van der Waals surface area contributed by atoms with Crippen molar-refractivity contribution in [2.75, 3.05) is 13.2 Å². The number of carbonyl (C=O) groups excluding carboxylic acids is 2. The maximum Gasteiger partial charge on any atom is 0.323 e. The van der Waals surface area contributed by atoms with Crippen LogP contribution in [0.4, 0.5) is 0 Å². The molecule has 0 aromatic rings. The Morgan fingerprint density at radius 1 is 1.17 bits per heavy atom. The molecule has 0 spiro atoms. The second kappa shape index (κ2) is 9.20. The number of carbonyl (C=O) groups is 2. The maximum absolute atomic E-state index is 12.3. The molecule has 1 amide bonds. The molecule has 0 aliphatic rings. The average molecular weight is 331 g/mol. The Labute approximate surface area is 139 Å². The lowest BCUT2D eigenvalue weighted by molar-refractivity contribution is -0.158. The van der Waals surface area contributed by atoms with Crippen molar-refractivity contribution in [3.8, 4) is 0 Å². The lowest BCUT2D eigenvalue weighted by Gasteiger charge is -2.30. The van der Waals surface area contributed by atoms with Gasteiger partial charge in [-0.15, -0.1) is 0 Å². The van der Waals surface area contributed by atoms with Crippen LogP contribution in [0.25, 0.3) is 0 Å². The zero-order valence-corrected chi connectivity index (χ0v) is 15.2. The van der Waals surface area contributed by atoms with Gasteiger partial charge < -0.3 is 20.9 Å². The molecule has 0 radical (unpaired) electrons. The van der Waals surface area contributed by atoms with Crippen LogP contribution in [0.15, 0.2) is 0 Å². The number of hydrogen-bond donors (Lipinski definition) is 4. The highest BCUT2D eigenvalue weighted by Gasteiger charge is 2.28. The van der Waals surface area contributed by atoms with Crippen LogP contribution in [0.1, 0.15) is 54.4 Å². The molecule has 23 heavy (non-hydrogen) atoms. The molecule has 2 atom stereocenters. The Kier molecular flexibility index (Phi) is 8.73. The predicted molar refractivity (Wildman–Crippen MR) is 89.8 cm³/mol. The van der Waals surface area contributed by atoms with Crippen LogP contribution in [0, 0.1) is 0 Å². The van der Waals surface area contributed by atoms with Crippen LogP contribution < -0.4 is 16.4 Å². The third-order valence-corrected chi connectivity index (χ3v) is 2.80. The molecule has 0 heterocycles. The zero-order valence-electron chi connectivity index (χ0n) is 15.2. The normalized spacial score (nSPS) is 15.0. The van der Waals surface area contributed by atoms with Crippen LogP contribution in [0.3, 0.4) is 0 Å². The van der Waals surface area contributed by atoms with Crippen LogP contribution >= 0.6 is 0 Å². The molecular formula is C16H33N3O4. The summed E-state index contributed by atoms with van der Waals surface area (Å²) in [6.07, 6.45) is 1.12. The molecule has 0 saturated heterocycles. The van der Waals surface area contributed by atoms with E-state index in [-0.39, 0.29) is 11.5 Å². The van der Waals surface area contributed by atoms with E-state index >= 15 is 0 Å². The Morgan fingerprint density at radius 3 is 2.17 bits per heavy atom. The topological polar surface area (TPSA) is 114 Å². The summed E-state index contributed by atoms with van der Waals surface area (Å²) in [4.78, 5) is 23.8. The minimum absolute atomic E-state index is 0.232. The van der Waals surface area contributed by atoms with E-state index in [9.17, 15) is 9.59 Å². The Hall–Kier alpha value is -1.18. The van der Waals surface area contributed by atoms with Gasteiger partial charge in [-0.3, -0.25) is 14.9 Å². The second-order valence-corrected chi connectivity index (χ2v) is 7.70. The van der Waals surface area contributed by atoms with Crippen molar-refractivity contribution in [3.63, 3.8) is 0 Å². The van der Waals surface area contributed by atoms with Gasteiger partial charge in [0.15, 0.2) is 0 Å². The number of ether oxygens (including phenoxy) is 1. The first-order valence-electron chi connectivity index (χ1n) is 8.00. The fraction of sp³-hybridized carbons (Fsp3) is 0.875. The number of aliphatic hydroxyl groups is 1. The Morgan fingerprint density at radius 2 is 1.74 bits per heavy atom. The second-order valence-electron chi connectivity index (χ2n) is 7.70. The summed E-state index contributed by atoms with van der Waals surface area (Å²) in [5.74, 6) is -0.698. The van der Waals surface area contributed by atoms with Crippen LogP contribution in [-0.2, 0) is 14.3 Å². The smallest absolute Gasteiger partial charge is 0.323 e. The van der Waals surface area contributed by atoms with Gasteiger partial charge in [-0.1, -0.05) is 0 Å². The largest absolute Gasteiger partial charge is 0.459 e. The zero-order chi connectivity index (χ0) is 18.3. The highest BCUT2D eigenvalue weighted by molar-refractivity contribution is 5.81. The summed E-state index contributed by atoms with van der Waals surface area (Å²) in [5.41, 5.74) is 4.63. The van der Waals surface area contributed by atoms with Gasteiger partial charge in [0.2, 0.25) is 5.91 Å². The quantitative estimate of drug-likeness (QED) is 0.376. The van der Waals surface area contributed by atoms with Gasteiger partial charge >= 0.3 is 5.97 Å². The highest BCUT2D eigenvalue weighted by atomic mass is 16.6. The van der Waals surface area contributed by atoms with E-state index in [0.29, 0.717) is 19.4 Å².